The van der Waals surface area contributed by atoms with Crippen LogP contribution >= 0.6 is 0 Å². The smallest absolute Gasteiger partial charge is 0.0505 e. The molecule has 122 valence electrons. The van der Waals surface area contributed by atoms with Crippen molar-refractivity contribution in [2.75, 3.05) is 10.2 Å². The molecular formula is C20H32N2. The second kappa shape index (κ2) is 5.04. The third kappa shape index (κ3) is 3.31. The predicted octanol–water partition coefficient (Wildman–Crippen LogP) is 5.70. The summed E-state index contributed by atoms with van der Waals surface area (Å²) >= 11 is 0. The number of rotatable bonds is 1. The maximum absolute atomic E-state index is 3.62. The van der Waals surface area contributed by atoms with Crippen molar-refractivity contribution in [3.63, 3.8) is 0 Å². The number of hydrogen-bond donors (Lipinski definition) is 1. The van der Waals surface area contributed by atoms with E-state index in [9.17, 15) is 0 Å². The lowest BCUT2D eigenvalue weighted by molar-refractivity contribution is 0.381. The Morgan fingerprint density at radius 3 is 2.00 bits per heavy atom. The Hall–Kier alpha value is -1.44. The summed E-state index contributed by atoms with van der Waals surface area (Å²) in [5, 5.41) is 3.62. The lowest BCUT2D eigenvalue weighted by atomic mass is 9.89. The van der Waals surface area contributed by atoms with Crippen LogP contribution in [0.4, 0.5) is 11.4 Å². The second-order valence-electron chi connectivity index (χ2n) is 9.08. The molecule has 22 heavy (non-hydrogen) atoms. The molecule has 1 aromatic rings. The molecular weight excluding hydrogens is 268 g/mol. The predicted molar refractivity (Wildman–Crippen MR) is 99.8 cm³/mol. The number of allylic oxidation sites excluding steroid dienone is 1. The van der Waals surface area contributed by atoms with Crippen LogP contribution in [-0.4, -0.2) is 16.6 Å². The van der Waals surface area contributed by atoms with Gasteiger partial charge in [0.25, 0.3) is 0 Å². The van der Waals surface area contributed by atoms with Gasteiger partial charge >= 0.3 is 0 Å². The zero-order chi connectivity index (χ0) is 16.9. The van der Waals surface area contributed by atoms with Gasteiger partial charge in [0.05, 0.1) is 5.54 Å². The normalized spacial score (nSPS) is 17.4. The Bertz CT molecular complexity index is 581. The van der Waals surface area contributed by atoms with Gasteiger partial charge in [0, 0.05) is 28.0 Å². The average Bonchev–Trinajstić information content (AvgIpc) is 2.24. The molecule has 1 N–H and O–H groups in total. The molecule has 2 rings (SSSR count). The molecule has 0 aliphatic carbocycles. The molecule has 1 aromatic carbocycles. The van der Waals surface area contributed by atoms with E-state index in [4.69, 9.17) is 0 Å². The fourth-order valence-corrected chi connectivity index (χ4v) is 3.89. The molecule has 1 heterocycles. The van der Waals surface area contributed by atoms with Crippen molar-refractivity contribution in [3.8, 4) is 0 Å². The van der Waals surface area contributed by atoms with Gasteiger partial charge in [0.15, 0.2) is 0 Å². The highest BCUT2D eigenvalue weighted by Crippen LogP contribution is 2.39. The summed E-state index contributed by atoms with van der Waals surface area (Å²) in [6.45, 7) is 20.3. The Morgan fingerprint density at radius 1 is 0.955 bits per heavy atom. The molecule has 0 atom stereocenters. The molecule has 0 unspecified atom stereocenters. The van der Waals surface area contributed by atoms with E-state index < -0.39 is 0 Å². The van der Waals surface area contributed by atoms with Crippen LogP contribution in [0.3, 0.4) is 0 Å². The minimum atomic E-state index is 0.0202. The van der Waals surface area contributed by atoms with Crippen LogP contribution in [0.25, 0.3) is 5.57 Å². The largest absolute Gasteiger partial charge is 0.376 e. The van der Waals surface area contributed by atoms with Gasteiger partial charge in [-0.25, -0.2) is 0 Å². The van der Waals surface area contributed by atoms with Crippen LogP contribution < -0.4 is 10.2 Å². The summed E-state index contributed by atoms with van der Waals surface area (Å²) in [7, 11) is 0. The molecule has 0 amide bonds. The maximum atomic E-state index is 3.62. The van der Waals surface area contributed by atoms with Gasteiger partial charge in [-0.1, -0.05) is 6.08 Å². The zero-order valence-electron chi connectivity index (χ0n) is 15.8. The summed E-state index contributed by atoms with van der Waals surface area (Å²) in [4.78, 5) is 2.51. The van der Waals surface area contributed by atoms with Gasteiger partial charge in [-0.3, -0.25) is 0 Å². The van der Waals surface area contributed by atoms with Crippen LogP contribution in [0.1, 0.15) is 67.9 Å². The maximum Gasteiger partial charge on any atom is 0.0505 e. The molecule has 1 aliphatic rings. The molecule has 0 fully saturated rings. The topological polar surface area (TPSA) is 15.3 Å². The van der Waals surface area contributed by atoms with E-state index in [1.54, 1.807) is 0 Å². The second-order valence-corrected chi connectivity index (χ2v) is 9.08. The van der Waals surface area contributed by atoms with Crippen molar-refractivity contribution in [3.05, 3.63) is 29.8 Å². The van der Waals surface area contributed by atoms with E-state index in [-0.39, 0.29) is 16.6 Å². The van der Waals surface area contributed by atoms with Gasteiger partial charge in [-0.15, -0.1) is 0 Å². The molecule has 0 spiro atoms. The lowest BCUT2D eigenvalue weighted by Gasteiger charge is -2.48. The van der Waals surface area contributed by atoms with Crippen molar-refractivity contribution in [1.82, 2.24) is 0 Å². The number of fused-ring (bicyclic) bond motifs is 1. The van der Waals surface area contributed by atoms with E-state index in [1.807, 2.05) is 0 Å². The molecule has 0 bridgehead atoms. The van der Waals surface area contributed by atoms with Crippen molar-refractivity contribution in [2.24, 2.45) is 0 Å². The molecule has 0 aromatic heterocycles. The number of benzene rings is 1. The van der Waals surface area contributed by atoms with E-state index in [2.05, 4.69) is 96.8 Å². The van der Waals surface area contributed by atoms with Gasteiger partial charge in [-0.2, -0.15) is 0 Å². The monoisotopic (exact) mass is 300 g/mol. The van der Waals surface area contributed by atoms with Crippen molar-refractivity contribution in [2.45, 2.75) is 78.9 Å². The highest BCUT2D eigenvalue weighted by atomic mass is 15.2. The first-order valence-corrected chi connectivity index (χ1v) is 8.24. The van der Waals surface area contributed by atoms with Crippen molar-refractivity contribution >= 4 is 16.9 Å². The zero-order valence-corrected chi connectivity index (χ0v) is 15.8. The summed E-state index contributed by atoms with van der Waals surface area (Å²) in [6, 6.07) is 6.81. The lowest BCUT2D eigenvalue weighted by Crippen LogP contribution is -2.53. The molecule has 0 saturated heterocycles. The van der Waals surface area contributed by atoms with Crippen molar-refractivity contribution in [1.29, 1.82) is 0 Å². The van der Waals surface area contributed by atoms with Gasteiger partial charge in [0.2, 0.25) is 0 Å². The van der Waals surface area contributed by atoms with Crippen LogP contribution in [0, 0.1) is 0 Å². The van der Waals surface area contributed by atoms with Crippen molar-refractivity contribution < 1.29 is 0 Å². The van der Waals surface area contributed by atoms with E-state index in [1.165, 1.54) is 22.5 Å². The van der Waals surface area contributed by atoms with E-state index in [0.717, 1.165) is 0 Å². The van der Waals surface area contributed by atoms with Gasteiger partial charge in [0.1, 0.15) is 0 Å². The first kappa shape index (κ1) is 16.9. The minimum absolute atomic E-state index is 0.0202. The quantitative estimate of drug-likeness (QED) is 0.716. The molecule has 2 nitrogen and oxygen atoms in total. The molecule has 1 aliphatic heterocycles. The first-order valence-electron chi connectivity index (χ1n) is 8.24. The summed E-state index contributed by atoms with van der Waals surface area (Å²) < 4.78 is 0. The van der Waals surface area contributed by atoms with Crippen LogP contribution in [0.5, 0.6) is 0 Å². The number of nitrogens with zero attached hydrogens (tertiary/aromatic N) is 1. The van der Waals surface area contributed by atoms with Gasteiger partial charge in [-0.05, 0) is 86.1 Å². The number of anilines is 2. The minimum Gasteiger partial charge on any atom is -0.376 e. The van der Waals surface area contributed by atoms with Crippen LogP contribution in [0.2, 0.25) is 0 Å². The average molecular weight is 300 g/mol. The molecule has 2 heteroatoms. The Balaban J connectivity index is 2.54. The molecule has 0 saturated carbocycles. The fourth-order valence-electron chi connectivity index (χ4n) is 3.89. The highest BCUT2D eigenvalue weighted by Gasteiger charge is 2.32. The number of nitrogens with one attached hydrogen (secondary N) is 1. The van der Waals surface area contributed by atoms with Crippen LogP contribution in [-0.2, 0) is 0 Å². The summed E-state index contributed by atoms with van der Waals surface area (Å²) in [6.07, 6.45) is 2.32. The summed E-state index contributed by atoms with van der Waals surface area (Å²) in [5.74, 6) is 0. The first-order chi connectivity index (χ1) is 9.81. The SMILES string of the molecule is CC1=CC(C)(C)Nc2ccc(N(C(C)(C)C)C(C)(C)C)cc21. The van der Waals surface area contributed by atoms with Gasteiger partial charge < -0.3 is 10.2 Å². The standard InChI is InChI=1S/C20H32N2/c1-14-13-20(8,9)21-17-11-10-15(12-16(14)17)22(18(2,3)4)19(5,6)7/h10-13,21H,1-9H3. The van der Waals surface area contributed by atoms with E-state index in [0.29, 0.717) is 0 Å². The van der Waals surface area contributed by atoms with E-state index >= 15 is 0 Å². The Morgan fingerprint density at radius 2 is 1.50 bits per heavy atom. The molecule has 0 radical (unpaired) electrons. The Labute approximate surface area is 136 Å². The third-order valence-electron chi connectivity index (χ3n) is 4.06. The highest BCUT2D eigenvalue weighted by molar-refractivity contribution is 5.82. The number of hydrogen-bond acceptors (Lipinski definition) is 2. The fraction of sp³-hybridized carbons (Fsp3) is 0.600. The third-order valence-corrected chi connectivity index (χ3v) is 4.06. The Kier molecular flexibility index (Phi) is 3.88. The van der Waals surface area contributed by atoms with Crippen LogP contribution in [0.15, 0.2) is 24.3 Å². The summed E-state index contributed by atoms with van der Waals surface area (Å²) in [5.41, 5.74) is 5.35.